The van der Waals surface area contributed by atoms with Gasteiger partial charge < -0.3 is 20.4 Å². The van der Waals surface area contributed by atoms with Gasteiger partial charge in [-0.25, -0.2) is 4.79 Å². The van der Waals surface area contributed by atoms with E-state index in [1.807, 2.05) is 48.5 Å². The smallest absolute Gasteiger partial charge is 0.323 e. The van der Waals surface area contributed by atoms with Crippen LogP contribution in [0, 0.1) is 0 Å². The number of para-hydroxylation sites is 1. The van der Waals surface area contributed by atoms with E-state index in [9.17, 15) is 4.79 Å². The van der Waals surface area contributed by atoms with E-state index in [0.29, 0.717) is 16.4 Å². The van der Waals surface area contributed by atoms with E-state index in [1.54, 1.807) is 12.1 Å². The highest BCUT2D eigenvalue weighted by Crippen LogP contribution is 2.23. The van der Waals surface area contributed by atoms with Crippen LogP contribution in [0.1, 0.15) is 0 Å². The molecule has 3 aromatic rings. The first-order valence-corrected chi connectivity index (χ1v) is 10.2. The Morgan fingerprint density at radius 2 is 1.63 bits per heavy atom. The summed E-state index contributed by atoms with van der Waals surface area (Å²) in [6, 6.07) is 18.2. The summed E-state index contributed by atoms with van der Waals surface area (Å²) in [6.07, 6.45) is 0. The zero-order valence-corrected chi connectivity index (χ0v) is 17.4. The van der Waals surface area contributed by atoms with Gasteiger partial charge in [0.2, 0.25) is 0 Å². The molecular formula is C22H23ClN6O. The molecule has 0 spiro atoms. The predicted octanol–water partition coefficient (Wildman–Crippen LogP) is 4.19. The number of nitrogens with one attached hydrogen (secondary N) is 2. The Morgan fingerprint density at radius 3 is 2.30 bits per heavy atom. The Morgan fingerprint density at radius 1 is 0.900 bits per heavy atom. The molecule has 0 radical (unpaired) electrons. The van der Waals surface area contributed by atoms with Crippen LogP contribution in [0.25, 0.3) is 11.3 Å². The minimum absolute atomic E-state index is 0.354. The fraction of sp³-hybridized carbons (Fsp3) is 0.227. The molecule has 4 rings (SSSR count). The number of rotatable bonds is 4. The van der Waals surface area contributed by atoms with Gasteiger partial charge in [-0.1, -0.05) is 35.9 Å². The number of likely N-dealkylation sites (N-methyl/N-ethyl adjacent to an activating group) is 1. The standard InChI is InChI=1S/C22H23ClN6O/c1-28-12-14-29(15-13-28)21-11-10-19(26-27-21)16-6-8-17(9-7-16)24-22(30)25-20-5-3-2-4-18(20)23/h2-11H,12-15H2,1H3,(H2,24,25,30). The fourth-order valence-electron chi connectivity index (χ4n) is 3.25. The van der Waals surface area contributed by atoms with E-state index >= 15 is 0 Å². The van der Waals surface area contributed by atoms with Crippen molar-refractivity contribution < 1.29 is 4.79 Å². The van der Waals surface area contributed by atoms with Crippen molar-refractivity contribution in [3.63, 3.8) is 0 Å². The van der Waals surface area contributed by atoms with Gasteiger partial charge in [0, 0.05) is 37.4 Å². The number of carbonyl (C=O) groups excluding carboxylic acids is 1. The third-order valence-electron chi connectivity index (χ3n) is 5.04. The van der Waals surface area contributed by atoms with Crippen LogP contribution in [-0.4, -0.2) is 54.4 Å². The molecule has 8 heteroatoms. The number of aromatic nitrogens is 2. The maximum absolute atomic E-state index is 12.2. The molecule has 1 aromatic heterocycles. The predicted molar refractivity (Wildman–Crippen MR) is 121 cm³/mol. The minimum atomic E-state index is -0.354. The minimum Gasteiger partial charge on any atom is -0.353 e. The summed E-state index contributed by atoms with van der Waals surface area (Å²) < 4.78 is 0. The number of benzene rings is 2. The normalized spacial score (nSPS) is 14.4. The molecule has 7 nitrogen and oxygen atoms in total. The molecule has 1 saturated heterocycles. The number of hydrogen-bond acceptors (Lipinski definition) is 5. The topological polar surface area (TPSA) is 73.4 Å². The van der Waals surface area contributed by atoms with Crippen molar-refractivity contribution in [1.29, 1.82) is 0 Å². The van der Waals surface area contributed by atoms with Crippen LogP contribution < -0.4 is 15.5 Å². The van der Waals surface area contributed by atoms with Crippen molar-refractivity contribution in [2.24, 2.45) is 0 Å². The monoisotopic (exact) mass is 422 g/mol. The quantitative estimate of drug-likeness (QED) is 0.659. The number of carbonyl (C=O) groups is 1. The summed E-state index contributed by atoms with van der Waals surface area (Å²) in [5.41, 5.74) is 2.96. The Labute approximate surface area is 180 Å². The number of anilines is 3. The number of piperazine rings is 1. The van der Waals surface area contributed by atoms with Gasteiger partial charge in [-0.05, 0) is 43.4 Å². The molecule has 154 valence electrons. The molecule has 30 heavy (non-hydrogen) atoms. The van der Waals surface area contributed by atoms with Gasteiger partial charge >= 0.3 is 6.03 Å². The molecule has 2 heterocycles. The summed E-state index contributed by atoms with van der Waals surface area (Å²) in [5.74, 6) is 0.904. The van der Waals surface area contributed by atoms with Gasteiger partial charge in [-0.3, -0.25) is 0 Å². The van der Waals surface area contributed by atoms with Crippen LogP contribution in [0.5, 0.6) is 0 Å². The van der Waals surface area contributed by atoms with E-state index < -0.39 is 0 Å². The number of nitrogens with zero attached hydrogens (tertiary/aromatic N) is 4. The molecule has 2 N–H and O–H groups in total. The van der Waals surface area contributed by atoms with Crippen molar-refractivity contribution in [3.05, 3.63) is 65.7 Å². The third-order valence-corrected chi connectivity index (χ3v) is 5.37. The summed E-state index contributed by atoms with van der Waals surface area (Å²) in [7, 11) is 2.13. The van der Waals surface area contributed by atoms with Crippen LogP contribution in [0.3, 0.4) is 0 Å². The van der Waals surface area contributed by atoms with Gasteiger partial charge in [0.1, 0.15) is 0 Å². The maximum Gasteiger partial charge on any atom is 0.323 e. The summed E-state index contributed by atoms with van der Waals surface area (Å²) in [6.45, 7) is 3.98. The zero-order chi connectivity index (χ0) is 20.9. The molecule has 2 amide bonds. The summed E-state index contributed by atoms with van der Waals surface area (Å²) >= 11 is 6.07. The summed E-state index contributed by atoms with van der Waals surface area (Å²) in [4.78, 5) is 16.7. The number of hydrogen-bond donors (Lipinski definition) is 2. The molecule has 0 bridgehead atoms. The molecule has 0 unspecified atom stereocenters. The first kappa shape index (κ1) is 20.1. The first-order valence-electron chi connectivity index (χ1n) is 9.79. The van der Waals surface area contributed by atoms with Crippen LogP contribution in [0.4, 0.5) is 22.0 Å². The van der Waals surface area contributed by atoms with Crippen LogP contribution in [0.2, 0.25) is 5.02 Å². The largest absolute Gasteiger partial charge is 0.353 e. The molecule has 0 saturated carbocycles. The Bertz CT molecular complexity index is 1000. The fourth-order valence-corrected chi connectivity index (χ4v) is 3.44. The van der Waals surface area contributed by atoms with Gasteiger partial charge in [0.25, 0.3) is 0 Å². The number of urea groups is 1. The van der Waals surface area contributed by atoms with Gasteiger partial charge in [0.15, 0.2) is 5.82 Å². The van der Waals surface area contributed by atoms with Crippen LogP contribution in [-0.2, 0) is 0 Å². The average molecular weight is 423 g/mol. The van der Waals surface area contributed by atoms with Crippen molar-refractivity contribution in [3.8, 4) is 11.3 Å². The Balaban J connectivity index is 1.37. The molecular weight excluding hydrogens is 400 g/mol. The summed E-state index contributed by atoms with van der Waals surface area (Å²) in [5, 5.41) is 14.8. The van der Waals surface area contributed by atoms with Crippen molar-refractivity contribution >= 4 is 34.8 Å². The second kappa shape index (κ2) is 9.11. The van der Waals surface area contributed by atoms with E-state index in [2.05, 4.69) is 37.7 Å². The van der Waals surface area contributed by atoms with Crippen LogP contribution >= 0.6 is 11.6 Å². The van der Waals surface area contributed by atoms with Crippen molar-refractivity contribution in [2.75, 3.05) is 48.8 Å². The Kier molecular flexibility index (Phi) is 6.11. The lowest BCUT2D eigenvalue weighted by molar-refractivity contribution is 0.262. The second-order valence-corrected chi connectivity index (χ2v) is 7.61. The average Bonchev–Trinajstić information content (AvgIpc) is 2.77. The second-order valence-electron chi connectivity index (χ2n) is 7.20. The van der Waals surface area contributed by atoms with Crippen molar-refractivity contribution in [1.82, 2.24) is 15.1 Å². The highest BCUT2D eigenvalue weighted by Gasteiger charge is 2.15. The Hall–Kier alpha value is -3.16. The van der Waals surface area contributed by atoms with Gasteiger partial charge in [-0.15, -0.1) is 10.2 Å². The van der Waals surface area contributed by atoms with Gasteiger partial charge in [0.05, 0.1) is 16.4 Å². The van der Waals surface area contributed by atoms with E-state index in [4.69, 9.17) is 11.6 Å². The molecule has 1 fully saturated rings. The van der Waals surface area contributed by atoms with Crippen LogP contribution in [0.15, 0.2) is 60.7 Å². The zero-order valence-electron chi connectivity index (χ0n) is 16.7. The highest BCUT2D eigenvalue weighted by molar-refractivity contribution is 6.33. The van der Waals surface area contributed by atoms with Crippen molar-refractivity contribution in [2.45, 2.75) is 0 Å². The highest BCUT2D eigenvalue weighted by atomic mass is 35.5. The van der Waals surface area contributed by atoms with E-state index in [-0.39, 0.29) is 6.03 Å². The number of amides is 2. The third kappa shape index (κ3) is 4.87. The molecule has 2 aromatic carbocycles. The van der Waals surface area contributed by atoms with Gasteiger partial charge in [-0.2, -0.15) is 0 Å². The molecule has 0 aliphatic carbocycles. The van der Waals surface area contributed by atoms with E-state index in [1.165, 1.54) is 0 Å². The first-order chi connectivity index (χ1) is 14.6. The lowest BCUT2D eigenvalue weighted by Crippen LogP contribution is -2.44. The molecule has 1 aliphatic rings. The lowest BCUT2D eigenvalue weighted by atomic mass is 10.1. The SMILES string of the molecule is CN1CCN(c2ccc(-c3ccc(NC(=O)Nc4ccccc4Cl)cc3)nn2)CC1. The molecule has 1 aliphatic heterocycles. The van der Waals surface area contributed by atoms with E-state index in [0.717, 1.165) is 43.3 Å². The maximum atomic E-state index is 12.2. The number of halogens is 1. The lowest BCUT2D eigenvalue weighted by Gasteiger charge is -2.32. The molecule has 0 atom stereocenters.